The number of rotatable bonds is 11. The highest BCUT2D eigenvalue weighted by Crippen LogP contribution is 2.18. The molecule has 31 heavy (non-hydrogen) atoms. The Labute approximate surface area is 205 Å². The quantitative estimate of drug-likeness (QED) is 0.187. The lowest BCUT2D eigenvalue weighted by Crippen LogP contribution is -2.38. The van der Waals surface area contributed by atoms with Gasteiger partial charge in [-0.15, -0.1) is 24.0 Å². The molecular weight excluding hydrogens is 533 g/mol. The van der Waals surface area contributed by atoms with E-state index >= 15 is 0 Å². The monoisotopic (exact) mass is 563 g/mol. The fraction of sp³-hybridized carbons (Fsp3) is 0.571. The largest absolute Gasteiger partial charge is 0.381 e. The van der Waals surface area contributed by atoms with E-state index in [0.29, 0.717) is 42.2 Å². The van der Waals surface area contributed by atoms with Gasteiger partial charge in [-0.05, 0) is 44.0 Å². The SMILES string of the molecule is CCNC(=NCCCOCC1CCOC1)NCCc1nc(-c2ccc(Cl)cc2)no1.I. The maximum Gasteiger partial charge on any atom is 0.228 e. The Kier molecular flexibility index (Phi) is 12.2. The van der Waals surface area contributed by atoms with Crippen LogP contribution in [0, 0.1) is 5.92 Å². The van der Waals surface area contributed by atoms with E-state index in [1.165, 1.54) is 0 Å². The molecule has 8 nitrogen and oxygen atoms in total. The molecule has 3 rings (SSSR count). The van der Waals surface area contributed by atoms with Crippen molar-refractivity contribution in [1.29, 1.82) is 0 Å². The Morgan fingerprint density at radius 2 is 2.13 bits per heavy atom. The highest BCUT2D eigenvalue weighted by molar-refractivity contribution is 14.0. The van der Waals surface area contributed by atoms with Crippen LogP contribution in [0.1, 0.15) is 25.7 Å². The summed E-state index contributed by atoms with van der Waals surface area (Å²) in [5.74, 6) is 2.47. The first kappa shape index (κ1) is 25.8. The smallest absolute Gasteiger partial charge is 0.228 e. The molecule has 2 aromatic rings. The van der Waals surface area contributed by atoms with Gasteiger partial charge >= 0.3 is 0 Å². The van der Waals surface area contributed by atoms with Gasteiger partial charge in [0, 0.05) is 55.8 Å². The van der Waals surface area contributed by atoms with Crippen molar-refractivity contribution in [2.45, 2.75) is 26.2 Å². The molecule has 1 aromatic carbocycles. The van der Waals surface area contributed by atoms with Crippen LogP contribution in [0.3, 0.4) is 0 Å². The molecule has 1 aliphatic rings. The van der Waals surface area contributed by atoms with Crippen LogP contribution in [0.2, 0.25) is 5.02 Å². The van der Waals surface area contributed by atoms with Gasteiger partial charge in [0.15, 0.2) is 5.96 Å². The Morgan fingerprint density at radius 1 is 1.29 bits per heavy atom. The van der Waals surface area contributed by atoms with E-state index in [-0.39, 0.29) is 24.0 Å². The Morgan fingerprint density at radius 3 is 2.87 bits per heavy atom. The summed E-state index contributed by atoms with van der Waals surface area (Å²) in [6.45, 7) is 7.38. The first-order chi connectivity index (χ1) is 14.7. The van der Waals surface area contributed by atoms with E-state index in [1.807, 2.05) is 31.2 Å². The molecule has 0 bridgehead atoms. The summed E-state index contributed by atoms with van der Waals surface area (Å²) in [7, 11) is 0. The normalized spacial score (nSPS) is 16.2. The van der Waals surface area contributed by atoms with Crippen molar-refractivity contribution in [3.05, 3.63) is 35.2 Å². The Balaban J connectivity index is 0.00000341. The third-order valence-electron chi connectivity index (χ3n) is 4.64. The van der Waals surface area contributed by atoms with Crippen molar-refractivity contribution in [3.8, 4) is 11.4 Å². The minimum absolute atomic E-state index is 0. The summed E-state index contributed by atoms with van der Waals surface area (Å²) < 4.78 is 16.4. The number of halogens is 2. The van der Waals surface area contributed by atoms with Crippen molar-refractivity contribution in [2.24, 2.45) is 10.9 Å². The molecule has 10 heteroatoms. The summed E-state index contributed by atoms with van der Waals surface area (Å²) in [6, 6.07) is 7.36. The Hall–Kier alpha value is -1.43. The van der Waals surface area contributed by atoms with Gasteiger partial charge in [-0.1, -0.05) is 16.8 Å². The number of ether oxygens (including phenoxy) is 2. The van der Waals surface area contributed by atoms with E-state index in [1.54, 1.807) is 0 Å². The predicted molar refractivity (Wildman–Crippen MR) is 132 cm³/mol. The zero-order valence-electron chi connectivity index (χ0n) is 17.8. The van der Waals surface area contributed by atoms with Crippen LogP contribution in [0.5, 0.6) is 0 Å². The van der Waals surface area contributed by atoms with Crippen molar-refractivity contribution < 1.29 is 14.0 Å². The molecule has 2 heterocycles. The zero-order chi connectivity index (χ0) is 21.0. The molecule has 1 saturated heterocycles. The van der Waals surface area contributed by atoms with E-state index in [2.05, 4.69) is 25.8 Å². The second-order valence-electron chi connectivity index (χ2n) is 7.11. The van der Waals surface area contributed by atoms with Gasteiger partial charge < -0.3 is 24.6 Å². The highest BCUT2D eigenvalue weighted by Gasteiger charge is 2.15. The number of benzene rings is 1. The molecule has 0 spiro atoms. The summed E-state index contributed by atoms with van der Waals surface area (Å²) in [4.78, 5) is 9.02. The molecule has 0 saturated carbocycles. The number of nitrogens with zero attached hydrogens (tertiary/aromatic N) is 3. The lowest BCUT2D eigenvalue weighted by molar-refractivity contribution is 0.0893. The van der Waals surface area contributed by atoms with Crippen LogP contribution in [0.15, 0.2) is 33.8 Å². The first-order valence-electron chi connectivity index (χ1n) is 10.5. The van der Waals surface area contributed by atoms with E-state index in [4.69, 9.17) is 25.6 Å². The number of hydrogen-bond donors (Lipinski definition) is 2. The molecule has 0 amide bonds. The van der Waals surface area contributed by atoms with Gasteiger partial charge in [0.1, 0.15) is 0 Å². The van der Waals surface area contributed by atoms with Crippen molar-refractivity contribution in [3.63, 3.8) is 0 Å². The maximum absolute atomic E-state index is 5.91. The summed E-state index contributed by atoms with van der Waals surface area (Å²) in [5.41, 5.74) is 0.875. The van der Waals surface area contributed by atoms with E-state index in [0.717, 1.165) is 57.3 Å². The molecular formula is C21H31ClIN5O3. The molecule has 0 aliphatic carbocycles. The number of aliphatic imine (C=N–C) groups is 1. The van der Waals surface area contributed by atoms with Gasteiger partial charge in [-0.25, -0.2) is 0 Å². The molecule has 1 aromatic heterocycles. The number of nitrogens with one attached hydrogen (secondary N) is 2. The third kappa shape index (κ3) is 9.30. The lowest BCUT2D eigenvalue weighted by atomic mass is 10.1. The molecule has 1 atom stereocenters. The minimum atomic E-state index is 0. The fourth-order valence-electron chi connectivity index (χ4n) is 3.02. The van der Waals surface area contributed by atoms with Crippen LogP contribution in [0.25, 0.3) is 11.4 Å². The number of hydrogen-bond acceptors (Lipinski definition) is 6. The second-order valence-corrected chi connectivity index (χ2v) is 7.55. The third-order valence-corrected chi connectivity index (χ3v) is 4.89. The molecule has 172 valence electrons. The van der Waals surface area contributed by atoms with Gasteiger partial charge in [0.05, 0.1) is 13.2 Å². The first-order valence-corrected chi connectivity index (χ1v) is 10.9. The molecule has 1 fully saturated rings. The van der Waals surface area contributed by atoms with Crippen molar-refractivity contribution >= 4 is 41.5 Å². The molecule has 2 N–H and O–H groups in total. The number of aromatic nitrogens is 2. The zero-order valence-corrected chi connectivity index (χ0v) is 20.9. The van der Waals surface area contributed by atoms with Crippen LogP contribution >= 0.6 is 35.6 Å². The lowest BCUT2D eigenvalue weighted by Gasteiger charge is -2.11. The van der Waals surface area contributed by atoms with Crippen LogP contribution < -0.4 is 10.6 Å². The fourth-order valence-corrected chi connectivity index (χ4v) is 3.15. The Bertz CT molecular complexity index is 782. The predicted octanol–water partition coefficient (Wildman–Crippen LogP) is 3.55. The van der Waals surface area contributed by atoms with Gasteiger partial charge in [0.2, 0.25) is 11.7 Å². The molecule has 0 radical (unpaired) electrons. The summed E-state index contributed by atoms with van der Waals surface area (Å²) in [6.07, 6.45) is 2.60. The average molecular weight is 564 g/mol. The van der Waals surface area contributed by atoms with Crippen LogP contribution in [0.4, 0.5) is 0 Å². The molecule has 1 aliphatic heterocycles. The van der Waals surface area contributed by atoms with Crippen molar-refractivity contribution in [1.82, 2.24) is 20.8 Å². The minimum Gasteiger partial charge on any atom is -0.381 e. The second kappa shape index (κ2) is 14.6. The average Bonchev–Trinajstić information content (AvgIpc) is 3.43. The topological polar surface area (TPSA) is 93.8 Å². The van der Waals surface area contributed by atoms with Gasteiger partial charge in [0.25, 0.3) is 0 Å². The summed E-state index contributed by atoms with van der Waals surface area (Å²) >= 11 is 5.91. The standard InChI is InChI=1S/C21H30ClN5O3.HI/c1-2-23-21(24-10-3-12-28-14-16-9-13-29-15-16)25-11-8-19-26-20(27-30-19)17-4-6-18(22)7-5-17;/h4-7,16H,2-3,8-15H2,1H3,(H2,23,24,25);1H. The van der Waals surface area contributed by atoms with Crippen molar-refractivity contribution in [2.75, 3.05) is 46.1 Å². The van der Waals surface area contributed by atoms with Crippen LogP contribution in [-0.4, -0.2) is 62.2 Å². The highest BCUT2D eigenvalue weighted by atomic mass is 127. The maximum atomic E-state index is 5.91. The van der Waals surface area contributed by atoms with Gasteiger partial charge in [-0.3, -0.25) is 4.99 Å². The van der Waals surface area contributed by atoms with E-state index in [9.17, 15) is 0 Å². The van der Waals surface area contributed by atoms with Crippen LogP contribution in [-0.2, 0) is 15.9 Å². The van der Waals surface area contributed by atoms with Gasteiger partial charge in [-0.2, -0.15) is 4.98 Å². The number of guanidine groups is 1. The molecule has 1 unspecified atom stereocenters. The summed E-state index contributed by atoms with van der Waals surface area (Å²) in [5, 5.41) is 11.3. The van der Waals surface area contributed by atoms with E-state index < -0.39 is 0 Å².